The molecule has 0 bridgehead atoms. The minimum absolute atomic E-state index is 0.513. The van der Waals surface area contributed by atoms with Crippen molar-refractivity contribution in [3.63, 3.8) is 0 Å². The average Bonchev–Trinajstić information content (AvgIpc) is 2.01. The number of hydrogen-bond donors (Lipinski definition) is 1. The van der Waals surface area contributed by atoms with E-state index in [2.05, 4.69) is 0 Å². The van der Waals surface area contributed by atoms with Crippen LogP contribution >= 0.6 is 8.38 Å². The predicted molar refractivity (Wildman–Crippen MR) is 60.6 cm³/mol. The van der Waals surface area contributed by atoms with Crippen LogP contribution in [0.1, 0.15) is 13.8 Å². The first kappa shape index (κ1) is 14.5. The van der Waals surface area contributed by atoms with Crippen molar-refractivity contribution in [2.45, 2.75) is 39.5 Å². The smallest absolute Gasteiger partial charge is 0.227 e. The molecule has 0 rings (SSSR count). The highest BCUT2D eigenvalue weighted by Crippen LogP contribution is 2.42. The Bertz CT molecular complexity index is 145. The Morgan fingerprint density at radius 3 is 1.86 bits per heavy atom. The molecule has 0 aliphatic rings. The Kier molecular flexibility index (Phi) is 7.12. The molecular formula is C8H21O4PSi. The van der Waals surface area contributed by atoms with E-state index in [4.69, 9.17) is 13.7 Å². The maximum Gasteiger partial charge on any atom is 0.227 e. The highest BCUT2D eigenvalue weighted by molar-refractivity contribution is 7.48. The van der Waals surface area contributed by atoms with Gasteiger partial charge in [-0.2, -0.15) is 0 Å². The summed E-state index contributed by atoms with van der Waals surface area (Å²) in [6.07, 6.45) is 0. The molecule has 6 heteroatoms. The van der Waals surface area contributed by atoms with E-state index in [1.165, 1.54) is 0 Å². The van der Waals surface area contributed by atoms with Crippen LogP contribution in [0.3, 0.4) is 0 Å². The molecule has 0 aromatic rings. The van der Waals surface area contributed by atoms with Crippen LogP contribution in [0.15, 0.2) is 0 Å². The third-order valence-electron chi connectivity index (χ3n) is 1.17. The molecule has 0 aromatic heterocycles. The van der Waals surface area contributed by atoms with Crippen molar-refractivity contribution in [3.8, 4) is 0 Å². The van der Waals surface area contributed by atoms with E-state index in [1.54, 1.807) is 0 Å². The van der Waals surface area contributed by atoms with Gasteiger partial charge < -0.3 is 18.6 Å². The fourth-order valence-electron chi connectivity index (χ4n) is 0.784. The third kappa shape index (κ3) is 6.87. The van der Waals surface area contributed by atoms with E-state index in [1.807, 2.05) is 33.5 Å². The van der Waals surface area contributed by atoms with Gasteiger partial charge in [0, 0.05) is 13.2 Å². The van der Waals surface area contributed by atoms with Crippen LogP contribution < -0.4 is 0 Å². The monoisotopic (exact) mass is 240 g/mol. The van der Waals surface area contributed by atoms with Gasteiger partial charge in [-0.25, -0.2) is 0 Å². The lowest BCUT2D eigenvalue weighted by Gasteiger charge is -2.26. The highest BCUT2D eigenvalue weighted by Gasteiger charge is 2.28. The van der Waals surface area contributed by atoms with Crippen molar-refractivity contribution in [2.75, 3.05) is 13.2 Å². The first-order valence-corrected chi connectivity index (χ1v) is 9.50. The fourth-order valence-corrected chi connectivity index (χ4v) is 3.93. The minimum atomic E-state index is -1.72. The molecule has 0 fully saturated rings. The summed E-state index contributed by atoms with van der Waals surface area (Å²) in [6, 6.07) is -0.605. The van der Waals surface area contributed by atoms with Crippen LogP contribution in [0.25, 0.3) is 0 Å². The number of rotatable bonds is 7. The molecule has 1 atom stereocenters. The van der Waals surface area contributed by atoms with Gasteiger partial charge in [-0.05, 0) is 33.5 Å². The Morgan fingerprint density at radius 2 is 1.57 bits per heavy atom. The maximum atomic E-state index is 9.73. The Morgan fingerprint density at radius 1 is 1.14 bits per heavy atom. The van der Waals surface area contributed by atoms with E-state index in [0.717, 1.165) is 0 Å². The summed E-state index contributed by atoms with van der Waals surface area (Å²) >= 11 is 0. The van der Waals surface area contributed by atoms with Gasteiger partial charge in [-0.3, -0.25) is 0 Å². The second kappa shape index (κ2) is 6.88. The molecule has 14 heavy (non-hydrogen) atoms. The number of ether oxygens (including phenoxy) is 2. The number of hydrogen-bond acceptors (Lipinski definition) is 4. The molecule has 0 aromatic carbocycles. The first-order valence-electron chi connectivity index (χ1n) is 4.81. The molecule has 0 spiro atoms. The van der Waals surface area contributed by atoms with E-state index in [-0.39, 0.29) is 0 Å². The van der Waals surface area contributed by atoms with E-state index in [0.29, 0.717) is 13.2 Å². The topological polar surface area (TPSA) is 47.9 Å². The molecular weight excluding hydrogens is 219 g/mol. The quantitative estimate of drug-likeness (QED) is 0.422. The maximum absolute atomic E-state index is 9.73. The van der Waals surface area contributed by atoms with Crippen LogP contribution in [0, 0.1) is 0 Å². The van der Waals surface area contributed by atoms with Gasteiger partial charge in [0.05, 0.1) is 0 Å². The van der Waals surface area contributed by atoms with Crippen molar-refractivity contribution in [3.05, 3.63) is 0 Å². The molecule has 0 heterocycles. The summed E-state index contributed by atoms with van der Waals surface area (Å²) in [6.45, 7) is 10.8. The van der Waals surface area contributed by atoms with E-state index < -0.39 is 22.7 Å². The van der Waals surface area contributed by atoms with Crippen molar-refractivity contribution in [1.29, 1.82) is 0 Å². The summed E-state index contributed by atoms with van der Waals surface area (Å²) < 4.78 is 16.0. The van der Waals surface area contributed by atoms with Gasteiger partial charge in [-0.15, -0.1) is 0 Å². The zero-order valence-electron chi connectivity index (χ0n) is 9.61. The van der Waals surface area contributed by atoms with Crippen molar-refractivity contribution in [2.24, 2.45) is 0 Å². The standard InChI is InChI=1S/C8H21O4PSi/c1-6-10-8(11-7-2)13(9)12-14(3,4)5/h8-9H,6-7H2,1-5H3. The Labute approximate surface area is 88.6 Å². The highest BCUT2D eigenvalue weighted by atomic mass is 31.2. The van der Waals surface area contributed by atoms with E-state index >= 15 is 0 Å². The first-order chi connectivity index (χ1) is 6.40. The normalized spacial score (nSPS) is 14.8. The summed E-state index contributed by atoms with van der Waals surface area (Å²) in [4.78, 5) is 9.73. The second-order valence-electron chi connectivity index (χ2n) is 3.72. The molecule has 86 valence electrons. The largest absolute Gasteiger partial charge is 0.372 e. The Balaban J connectivity index is 4.06. The summed E-state index contributed by atoms with van der Waals surface area (Å²) in [5.74, 6) is 0. The van der Waals surface area contributed by atoms with Crippen molar-refractivity contribution in [1.82, 2.24) is 0 Å². The second-order valence-corrected chi connectivity index (χ2v) is 9.71. The van der Waals surface area contributed by atoms with Crippen LogP contribution in [-0.4, -0.2) is 32.5 Å². The molecule has 0 radical (unpaired) electrons. The third-order valence-corrected chi connectivity index (χ3v) is 4.76. The molecule has 0 aliphatic carbocycles. The molecule has 0 saturated heterocycles. The van der Waals surface area contributed by atoms with Gasteiger partial charge in [0.2, 0.25) is 14.4 Å². The molecule has 4 nitrogen and oxygen atoms in total. The zero-order chi connectivity index (χ0) is 11.2. The Hall–Kier alpha value is 0.487. The SMILES string of the molecule is CCOC(OCC)P(O)O[Si](C)(C)C. The zero-order valence-corrected chi connectivity index (χ0v) is 11.5. The van der Waals surface area contributed by atoms with Gasteiger partial charge >= 0.3 is 0 Å². The lowest BCUT2D eigenvalue weighted by atomic mass is 10.9. The van der Waals surface area contributed by atoms with Crippen molar-refractivity contribution < 1.29 is 18.6 Å². The molecule has 0 aliphatic heterocycles. The van der Waals surface area contributed by atoms with Gasteiger partial charge in [-0.1, -0.05) is 0 Å². The average molecular weight is 240 g/mol. The molecule has 1 unspecified atom stereocenters. The lowest BCUT2D eigenvalue weighted by molar-refractivity contribution is -0.0868. The fraction of sp³-hybridized carbons (Fsp3) is 1.00. The predicted octanol–water partition coefficient (Wildman–Crippen LogP) is 2.50. The summed E-state index contributed by atoms with van der Waals surface area (Å²) in [5, 5.41) is 0. The van der Waals surface area contributed by atoms with Gasteiger partial charge in [0.1, 0.15) is 0 Å². The molecule has 0 amide bonds. The molecule has 0 saturated carbocycles. The minimum Gasteiger partial charge on any atom is -0.372 e. The van der Waals surface area contributed by atoms with Crippen molar-refractivity contribution >= 4 is 16.7 Å². The lowest BCUT2D eigenvalue weighted by Crippen LogP contribution is -2.27. The summed E-state index contributed by atoms with van der Waals surface area (Å²) in [7, 11) is -3.35. The van der Waals surface area contributed by atoms with Crippen LogP contribution in [0.2, 0.25) is 19.6 Å². The van der Waals surface area contributed by atoms with Crippen LogP contribution in [0.4, 0.5) is 0 Å². The molecule has 1 N–H and O–H groups in total. The van der Waals surface area contributed by atoms with Gasteiger partial charge in [0.15, 0.2) is 8.32 Å². The van der Waals surface area contributed by atoms with Crippen LogP contribution in [-0.2, 0) is 13.7 Å². The van der Waals surface area contributed by atoms with Crippen LogP contribution in [0.5, 0.6) is 0 Å². The summed E-state index contributed by atoms with van der Waals surface area (Å²) in [5.41, 5.74) is 0. The van der Waals surface area contributed by atoms with E-state index in [9.17, 15) is 4.89 Å². The van der Waals surface area contributed by atoms with Gasteiger partial charge in [0.25, 0.3) is 0 Å².